The molecular formula is C14H20N2O. The van der Waals surface area contributed by atoms with Gasteiger partial charge in [0.05, 0.1) is 0 Å². The minimum Gasteiger partial charge on any atom is -0.324 e. The maximum Gasteiger partial charge on any atom is 0.321 e. The van der Waals surface area contributed by atoms with Gasteiger partial charge in [-0.1, -0.05) is 32.0 Å². The molecule has 92 valence electrons. The van der Waals surface area contributed by atoms with Crippen LogP contribution in [0.4, 0.5) is 10.5 Å². The molecule has 0 aliphatic carbocycles. The van der Waals surface area contributed by atoms with Crippen LogP contribution in [0.25, 0.3) is 0 Å². The van der Waals surface area contributed by atoms with Crippen molar-refractivity contribution in [3.05, 3.63) is 30.3 Å². The number of carbonyl (C=O) groups excluding carboxylic acids is 1. The molecule has 2 amide bonds. The van der Waals surface area contributed by atoms with E-state index in [-0.39, 0.29) is 11.4 Å². The van der Waals surface area contributed by atoms with Gasteiger partial charge < -0.3 is 10.2 Å². The fraction of sp³-hybridized carbons (Fsp3) is 0.500. The monoisotopic (exact) mass is 232 g/mol. The van der Waals surface area contributed by atoms with Gasteiger partial charge in [0, 0.05) is 18.8 Å². The van der Waals surface area contributed by atoms with Gasteiger partial charge in [-0.05, 0) is 30.4 Å². The number of benzene rings is 1. The fourth-order valence-corrected chi connectivity index (χ4v) is 2.32. The van der Waals surface area contributed by atoms with Crippen molar-refractivity contribution < 1.29 is 4.79 Å². The van der Waals surface area contributed by atoms with E-state index in [4.69, 9.17) is 0 Å². The molecule has 0 aromatic heterocycles. The largest absolute Gasteiger partial charge is 0.324 e. The van der Waals surface area contributed by atoms with Crippen LogP contribution in [0.5, 0.6) is 0 Å². The number of para-hydroxylation sites is 1. The molecule has 0 radical (unpaired) electrons. The van der Waals surface area contributed by atoms with Crippen LogP contribution in [0.15, 0.2) is 30.3 Å². The zero-order chi connectivity index (χ0) is 12.3. The van der Waals surface area contributed by atoms with E-state index in [2.05, 4.69) is 19.2 Å². The Labute approximate surface area is 103 Å². The van der Waals surface area contributed by atoms with Gasteiger partial charge in [0.1, 0.15) is 0 Å². The first-order valence-corrected chi connectivity index (χ1v) is 6.18. The Morgan fingerprint density at radius 2 is 2.00 bits per heavy atom. The van der Waals surface area contributed by atoms with Gasteiger partial charge in [-0.2, -0.15) is 0 Å². The van der Waals surface area contributed by atoms with Crippen molar-refractivity contribution >= 4 is 11.7 Å². The normalized spacial score (nSPS) is 18.8. The smallest absolute Gasteiger partial charge is 0.321 e. The van der Waals surface area contributed by atoms with E-state index >= 15 is 0 Å². The number of nitrogens with zero attached hydrogens (tertiary/aromatic N) is 1. The minimum atomic E-state index is 0.0176. The summed E-state index contributed by atoms with van der Waals surface area (Å²) in [4.78, 5) is 14.0. The van der Waals surface area contributed by atoms with Gasteiger partial charge in [0.15, 0.2) is 0 Å². The quantitative estimate of drug-likeness (QED) is 0.791. The Morgan fingerprint density at radius 1 is 1.29 bits per heavy atom. The lowest BCUT2D eigenvalue weighted by atomic mass is 9.84. The predicted octanol–water partition coefficient (Wildman–Crippen LogP) is 3.34. The van der Waals surface area contributed by atoms with Gasteiger partial charge in [0.2, 0.25) is 0 Å². The van der Waals surface area contributed by atoms with Crippen molar-refractivity contribution in [2.75, 3.05) is 18.4 Å². The van der Waals surface area contributed by atoms with E-state index in [1.54, 1.807) is 0 Å². The summed E-state index contributed by atoms with van der Waals surface area (Å²) in [6, 6.07) is 9.63. The summed E-state index contributed by atoms with van der Waals surface area (Å²) in [7, 11) is 0. The van der Waals surface area contributed by atoms with Gasteiger partial charge in [-0.15, -0.1) is 0 Å². The van der Waals surface area contributed by atoms with Gasteiger partial charge in [0.25, 0.3) is 0 Å². The molecular weight excluding hydrogens is 212 g/mol. The van der Waals surface area contributed by atoms with Crippen LogP contribution >= 0.6 is 0 Å². The lowest BCUT2D eigenvalue weighted by Crippen LogP contribution is -2.45. The molecule has 1 aromatic rings. The van der Waals surface area contributed by atoms with Crippen molar-refractivity contribution in [2.45, 2.75) is 26.7 Å². The highest BCUT2D eigenvalue weighted by Crippen LogP contribution is 2.28. The Kier molecular flexibility index (Phi) is 3.36. The number of nitrogens with one attached hydrogen (secondary N) is 1. The summed E-state index contributed by atoms with van der Waals surface area (Å²) in [6.07, 6.45) is 2.29. The van der Waals surface area contributed by atoms with Crippen LogP contribution in [-0.4, -0.2) is 24.0 Å². The van der Waals surface area contributed by atoms with Gasteiger partial charge in [-0.3, -0.25) is 0 Å². The third kappa shape index (κ3) is 3.22. The second kappa shape index (κ2) is 4.78. The van der Waals surface area contributed by atoms with Crippen LogP contribution in [0.3, 0.4) is 0 Å². The van der Waals surface area contributed by atoms with Crippen molar-refractivity contribution in [3.8, 4) is 0 Å². The topological polar surface area (TPSA) is 32.3 Å². The van der Waals surface area contributed by atoms with E-state index in [9.17, 15) is 4.79 Å². The zero-order valence-corrected chi connectivity index (χ0v) is 10.6. The standard InChI is InChI=1S/C14H20N2O/c1-14(2)9-6-10-16(11-14)13(17)15-12-7-4-3-5-8-12/h3-5,7-8H,6,9-11H2,1-2H3,(H,15,17). The van der Waals surface area contributed by atoms with Crippen molar-refractivity contribution in [3.63, 3.8) is 0 Å². The second-order valence-electron chi connectivity index (χ2n) is 5.49. The molecule has 0 atom stereocenters. The predicted molar refractivity (Wildman–Crippen MR) is 70.0 cm³/mol. The fourth-order valence-electron chi connectivity index (χ4n) is 2.32. The van der Waals surface area contributed by atoms with Crippen molar-refractivity contribution in [1.29, 1.82) is 0 Å². The van der Waals surface area contributed by atoms with E-state index in [1.165, 1.54) is 6.42 Å². The molecule has 1 saturated heterocycles. The lowest BCUT2D eigenvalue weighted by molar-refractivity contribution is 0.138. The summed E-state index contributed by atoms with van der Waals surface area (Å²) < 4.78 is 0. The number of piperidine rings is 1. The number of likely N-dealkylation sites (tertiary alicyclic amines) is 1. The van der Waals surface area contributed by atoms with E-state index in [0.717, 1.165) is 25.2 Å². The number of rotatable bonds is 1. The maximum absolute atomic E-state index is 12.1. The molecule has 1 aromatic carbocycles. The summed E-state index contributed by atoms with van der Waals surface area (Å²) in [5.41, 5.74) is 1.10. The number of amides is 2. The van der Waals surface area contributed by atoms with Gasteiger partial charge in [-0.25, -0.2) is 4.79 Å². The Morgan fingerprint density at radius 3 is 2.65 bits per heavy atom. The molecule has 0 unspecified atom stereocenters. The Balaban J connectivity index is 1.96. The highest BCUT2D eigenvalue weighted by Gasteiger charge is 2.28. The summed E-state index contributed by atoms with van der Waals surface area (Å²) in [5, 5.41) is 2.94. The maximum atomic E-state index is 12.1. The Bertz CT molecular complexity index is 386. The van der Waals surface area contributed by atoms with Crippen LogP contribution in [0.1, 0.15) is 26.7 Å². The van der Waals surface area contributed by atoms with Crippen LogP contribution in [0, 0.1) is 5.41 Å². The third-order valence-corrected chi connectivity index (χ3v) is 3.21. The van der Waals surface area contributed by atoms with E-state index < -0.39 is 0 Å². The molecule has 1 fully saturated rings. The molecule has 1 heterocycles. The molecule has 2 rings (SSSR count). The highest BCUT2D eigenvalue weighted by molar-refractivity contribution is 5.89. The number of anilines is 1. The third-order valence-electron chi connectivity index (χ3n) is 3.21. The average molecular weight is 232 g/mol. The molecule has 3 heteroatoms. The van der Waals surface area contributed by atoms with Crippen molar-refractivity contribution in [1.82, 2.24) is 4.90 Å². The SMILES string of the molecule is CC1(C)CCCN(C(=O)Nc2ccccc2)C1. The average Bonchev–Trinajstić information content (AvgIpc) is 2.29. The highest BCUT2D eigenvalue weighted by atomic mass is 16.2. The number of carbonyl (C=O) groups is 1. The number of urea groups is 1. The van der Waals surface area contributed by atoms with Crippen LogP contribution in [0.2, 0.25) is 0 Å². The van der Waals surface area contributed by atoms with Crippen LogP contribution < -0.4 is 5.32 Å². The summed E-state index contributed by atoms with van der Waals surface area (Å²) in [6.45, 7) is 6.14. The zero-order valence-electron chi connectivity index (χ0n) is 10.6. The molecule has 1 aliphatic rings. The lowest BCUT2D eigenvalue weighted by Gasteiger charge is -2.37. The van der Waals surface area contributed by atoms with E-state index in [0.29, 0.717) is 0 Å². The Hall–Kier alpha value is -1.51. The first-order chi connectivity index (χ1) is 8.07. The first-order valence-electron chi connectivity index (χ1n) is 6.18. The molecule has 17 heavy (non-hydrogen) atoms. The second-order valence-corrected chi connectivity index (χ2v) is 5.49. The van der Waals surface area contributed by atoms with Crippen LogP contribution in [-0.2, 0) is 0 Å². The van der Waals surface area contributed by atoms with Gasteiger partial charge >= 0.3 is 6.03 Å². The first kappa shape index (κ1) is 12.0. The number of hydrogen-bond donors (Lipinski definition) is 1. The van der Waals surface area contributed by atoms with E-state index in [1.807, 2.05) is 35.2 Å². The summed E-state index contributed by atoms with van der Waals surface area (Å²) in [5.74, 6) is 0. The van der Waals surface area contributed by atoms with Crippen molar-refractivity contribution in [2.24, 2.45) is 5.41 Å². The number of hydrogen-bond acceptors (Lipinski definition) is 1. The molecule has 0 spiro atoms. The minimum absolute atomic E-state index is 0.0176. The molecule has 0 bridgehead atoms. The molecule has 0 saturated carbocycles. The summed E-state index contributed by atoms with van der Waals surface area (Å²) >= 11 is 0. The molecule has 1 aliphatic heterocycles. The molecule has 1 N–H and O–H groups in total. The molecule has 3 nitrogen and oxygen atoms in total.